The Balaban J connectivity index is 3.31. The molecule has 0 radical (unpaired) electrons. The van der Waals surface area contributed by atoms with Crippen LogP contribution in [0, 0.1) is 6.92 Å². The average molecular weight is 287 g/mol. The molecule has 4 heteroatoms. The summed E-state index contributed by atoms with van der Waals surface area (Å²) in [6, 6.07) is 3.62. The fraction of sp³-hybridized carbons (Fsp3) is 0.417. The Hall–Kier alpha value is -1.03. The standard InChI is InChI=1S/C12H15BrO3/c1-7-4-5-8(13)11(16)10(7)12(2,3)6-9(14)15/h4-5,16H,6H2,1-3H3,(H,14,15). The molecule has 0 atom stereocenters. The Morgan fingerprint density at radius 1 is 1.44 bits per heavy atom. The van der Waals surface area contributed by atoms with Crippen molar-refractivity contribution < 1.29 is 15.0 Å². The Morgan fingerprint density at radius 2 is 2.00 bits per heavy atom. The van der Waals surface area contributed by atoms with Gasteiger partial charge in [0, 0.05) is 11.0 Å². The molecule has 0 saturated carbocycles. The molecule has 0 saturated heterocycles. The summed E-state index contributed by atoms with van der Waals surface area (Å²) >= 11 is 3.24. The highest BCUT2D eigenvalue weighted by Gasteiger charge is 2.29. The molecule has 2 N–H and O–H groups in total. The second-order valence-electron chi connectivity index (χ2n) is 4.54. The van der Waals surface area contributed by atoms with Crippen LogP contribution in [0.3, 0.4) is 0 Å². The predicted molar refractivity (Wildman–Crippen MR) is 65.8 cm³/mol. The van der Waals surface area contributed by atoms with E-state index in [2.05, 4.69) is 15.9 Å². The lowest BCUT2D eigenvalue weighted by Crippen LogP contribution is -2.23. The summed E-state index contributed by atoms with van der Waals surface area (Å²) in [5, 5.41) is 18.9. The van der Waals surface area contributed by atoms with E-state index >= 15 is 0 Å². The zero-order valence-electron chi connectivity index (χ0n) is 9.54. The number of carbonyl (C=O) groups is 1. The van der Waals surface area contributed by atoms with Crippen molar-refractivity contribution in [1.82, 2.24) is 0 Å². The third-order valence-corrected chi connectivity index (χ3v) is 3.25. The van der Waals surface area contributed by atoms with Crippen LogP contribution >= 0.6 is 15.9 Å². The van der Waals surface area contributed by atoms with Crippen molar-refractivity contribution in [2.45, 2.75) is 32.6 Å². The molecule has 0 aromatic heterocycles. The number of benzene rings is 1. The second-order valence-corrected chi connectivity index (χ2v) is 5.40. The zero-order chi connectivity index (χ0) is 12.5. The Morgan fingerprint density at radius 3 is 2.50 bits per heavy atom. The minimum absolute atomic E-state index is 0.0160. The van der Waals surface area contributed by atoms with Gasteiger partial charge in [0.1, 0.15) is 5.75 Å². The minimum Gasteiger partial charge on any atom is -0.506 e. The van der Waals surface area contributed by atoms with Gasteiger partial charge in [-0.1, -0.05) is 19.9 Å². The van der Waals surface area contributed by atoms with E-state index < -0.39 is 11.4 Å². The van der Waals surface area contributed by atoms with Crippen molar-refractivity contribution >= 4 is 21.9 Å². The lowest BCUT2D eigenvalue weighted by Gasteiger charge is -2.26. The van der Waals surface area contributed by atoms with E-state index in [1.165, 1.54) is 0 Å². The summed E-state index contributed by atoms with van der Waals surface area (Å²) in [6.45, 7) is 5.50. The van der Waals surface area contributed by atoms with Crippen LogP contribution in [0.4, 0.5) is 0 Å². The van der Waals surface area contributed by atoms with Crippen LogP contribution in [0.1, 0.15) is 31.4 Å². The van der Waals surface area contributed by atoms with Crippen molar-refractivity contribution in [1.29, 1.82) is 0 Å². The number of aliphatic carboxylic acids is 1. The molecule has 1 aromatic carbocycles. The molecule has 16 heavy (non-hydrogen) atoms. The van der Waals surface area contributed by atoms with Crippen LogP contribution in [0.25, 0.3) is 0 Å². The van der Waals surface area contributed by atoms with E-state index in [0.717, 1.165) is 5.56 Å². The first-order valence-corrected chi connectivity index (χ1v) is 5.75. The van der Waals surface area contributed by atoms with Gasteiger partial charge in [-0.15, -0.1) is 0 Å². The predicted octanol–water partition coefficient (Wildman–Crippen LogP) is 3.22. The van der Waals surface area contributed by atoms with Gasteiger partial charge in [-0.2, -0.15) is 0 Å². The lowest BCUT2D eigenvalue weighted by molar-refractivity contribution is -0.138. The summed E-state index contributed by atoms with van der Waals surface area (Å²) in [7, 11) is 0. The molecule has 1 rings (SSSR count). The Labute approximate surface area is 103 Å². The molecule has 88 valence electrons. The number of hydrogen-bond acceptors (Lipinski definition) is 2. The third kappa shape index (κ3) is 2.55. The summed E-state index contributed by atoms with van der Waals surface area (Å²) < 4.78 is 0.589. The first-order valence-electron chi connectivity index (χ1n) is 4.96. The molecule has 0 heterocycles. The first-order chi connectivity index (χ1) is 7.25. The maximum absolute atomic E-state index is 10.8. The molecule has 0 aliphatic heterocycles. The number of phenols is 1. The van der Waals surface area contributed by atoms with E-state index in [9.17, 15) is 9.90 Å². The van der Waals surface area contributed by atoms with Gasteiger partial charge in [-0.25, -0.2) is 0 Å². The number of hydrogen-bond donors (Lipinski definition) is 2. The van der Waals surface area contributed by atoms with Crippen molar-refractivity contribution in [3.05, 3.63) is 27.7 Å². The molecule has 3 nitrogen and oxygen atoms in total. The zero-order valence-corrected chi connectivity index (χ0v) is 11.1. The monoisotopic (exact) mass is 286 g/mol. The quantitative estimate of drug-likeness (QED) is 0.897. The third-order valence-electron chi connectivity index (χ3n) is 2.61. The van der Waals surface area contributed by atoms with Gasteiger partial charge in [0.25, 0.3) is 0 Å². The number of carboxylic acids is 1. The summed E-state index contributed by atoms with van der Waals surface area (Å²) in [5.41, 5.74) is 0.986. The van der Waals surface area contributed by atoms with E-state index in [0.29, 0.717) is 10.0 Å². The van der Waals surface area contributed by atoms with Crippen molar-refractivity contribution in [2.75, 3.05) is 0 Å². The summed E-state index contributed by atoms with van der Waals surface area (Å²) in [4.78, 5) is 10.8. The summed E-state index contributed by atoms with van der Waals surface area (Å²) in [5.74, 6) is -0.741. The topological polar surface area (TPSA) is 57.5 Å². The number of aryl methyl sites for hydroxylation is 1. The average Bonchev–Trinajstić information content (AvgIpc) is 2.09. The summed E-state index contributed by atoms with van der Waals surface area (Å²) in [6.07, 6.45) is -0.0160. The number of phenolic OH excluding ortho intramolecular Hbond substituents is 1. The number of carboxylic acid groups (broad SMARTS) is 1. The largest absolute Gasteiger partial charge is 0.506 e. The van der Waals surface area contributed by atoms with Gasteiger partial charge in [-0.05, 0) is 34.5 Å². The normalized spacial score (nSPS) is 11.5. The van der Waals surface area contributed by atoms with Gasteiger partial charge in [0.05, 0.1) is 10.9 Å². The van der Waals surface area contributed by atoms with E-state index in [1.807, 2.05) is 26.8 Å². The van der Waals surface area contributed by atoms with E-state index in [1.54, 1.807) is 6.07 Å². The number of aromatic hydroxyl groups is 1. The molecular formula is C12H15BrO3. The van der Waals surface area contributed by atoms with Crippen molar-refractivity contribution in [2.24, 2.45) is 0 Å². The maximum atomic E-state index is 10.8. The van der Waals surface area contributed by atoms with Crippen molar-refractivity contribution in [3.8, 4) is 5.75 Å². The van der Waals surface area contributed by atoms with E-state index in [-0.39, 0.29) is 12.2 Å². The molecule has 0 spiro atoms. The molecule has 1 aromatic rings. The van der Waals surface area contributed by atoms with Crippen LogP contribution in [0.15, 0.2) is 16.6 Å². The highest BCUT2D eigenvalue weighted by molar-refractivity contribution is 9.10. The molecule has 0 fully saturated rings. The van der Waals surface area contributed by atoms with Crippen LogP contribution in [-0.4, -0.2) is 16.2 Å². The molecule has 0 amide bonds. The molecule has 0 aliphatic rings. The SMILES string of the molecule is Cc1ccc(Br)c(O)c1C(C)(C)CC(=O)O. The van der Waals surface area contributed by atoms with Crippen LogP contribution in [0.5, 0.6) is 5.75 Å². The van der Waals surface area contributed by atoms with Crippen LogP contribution in [0.2, 0.25) is 0 Å². The lowest BCUT2D eigenvalue weighted by atomic mass is 9.79. The molecule has 0 unspecified atom stereocenters. The second kappa shape index (κ2) is 4.45. The van der Waals surface area contributed by atoms with Gasteiger partial charge >= 0.3 is 5.97 Å². The Kier molecular flexibility index (Phi) is 3.63. The fourth-order valence-corrected chi connectivity index (χ4v) is 2.32. The van der Waals surface area contributed by atoms with Crippen LogP contribution < -0.4 is 0 Å². The minimum atomic E-state index is -0.872. The van der Waals surface area contributed by atoms with Gasteiger partial charge < -0.3 is 10.2 Å². The molecular weight excluding hydrogens is 272 g/mol. The van der Waals surface area contributed by atoms with Crippen LogP contribution in [-0.2, 0) is 10.2 Å². The van der Waals surface area contributed by atoms with Gasteiger partial charge in [0.2, 0.25) is 0 Å². The smallest absolute Gasteiger partial charge is 0.304 e. The van der Waals surface area contributed by atoms with Gasteiger partial charge in [-0.3, -0.25) is 4.79 Å². The molecule has 0 aliphatic carbocycles. The number of rotatable bonds is 3. The Bertz CT molecular complexity index is 425. The first kappa shape index (κ1) is 13.0. The maximum Gasteiger partial charge on any atom is 0.304 e. The van der Waals surface area contributed by atoms with E-state index in [4.69, 9.17) is 5.11 Å². The highest BCUT2D eigenvalue weighted by Crippen LogP contribution is 2.40. The van der Waals surface area contributed by atoms with Gasteiger partial charge in [0.15, 0.2) is 0 Å². The number of halogens is 1. The highest BCUT2D eigenvalue weighted by atomic mass is 79.9. The fourth-order valence-electron chi connectivity index (χ4n) is 1.99. The molecule has 0 bridgehead atoms. The van der Waals surface area contributed by atoms with Crippen molar-refractivity contribution in [3.63, 3.8) is 0 Å².